The van der Waals surface area contributed by atoms with E-state index in [1.165, 1.54) is 4.90 Å². The number of quaternary nitrogens is 1. The second-order valence-corrected chi connectivity index (χ2v) is 5.71. The Morgan fingerprint density at radius 2 is 2.09 bits per heavy atom. The lowest BCUT2D eigenvalue weighted by Crippen LogP contribution is -3.12. The molecule has 2 heterocycles. The summed E-state index contributed by atoms with van der Waals surface area (Å²) in [6.07, 6.45) is -3.97. The van der Waals surface area contributed by atoms with Gasteiger partial charge in [-0.2, -0.15) is 13.2 Å². The topological polar surface area (TPSA) is 49.7 Å². The first-order chi connectivity index (χ1) is 10.3. The van der Waals surface area contributed by atoms with E-state index in [0.29, 0.717) is 6.20 Å². The van der Waals surface area contributed by atoms with E-state index in [0.717, 1.165) is 32.2 Å². The molecule has 0 aromatic carbocycles. The van der Waals surface area contributed by atoms with Gasteiger partial charge >= 0.3 is 6.18 Å². The fourth-order valence-corrected chi connectivity index (χ4v) is 2.35. The number of aromatic nitrogens is 1. The third-order valence-corrected chi connectivity index (χ3v) is 3.80. The zero-order valence-electron chi connectivity index (χ0n) is 12.0. The summed E-state index contributed by atoms with van der Waals surface area (Å²) in [5.41, 5.74) is 1.92. The maximum Gasteiger partial charge on any atom is 0.417 e. The van der Waals surface area contributed by atoms with Crippen LogP contribution in [0.2, 0.25) is 5.02 Å². The number of alkyl halides is 3. The van der Waals surface area contributed by atoms with E-state index >= 15 is 0 Å². The van der Waals surface area contributed by atoms with E-state index in [2.05, 4.69) is 17.5 Å². The molecular weight excluding hydrogens is 321 g/mol. The SMILES string of the molecule is C[NH+]1CCN(NC(=O)Cc2ncc(C(F)(F)F)cc2Cl)CC1. The molecule has 22 heavy (non-hydrogen) atoms. The molecular formula is C13H17ClF3N4O+. The fraction of sp³-hybridized carbons (Fsp3) is 0.538. The Hall–Kier alpha value is -1.38. The molecule has 0 spiro atoms. The molecule has 9 heteroatoms. The summed E-state index contributed by atoms with van der Waals surface area (Å²) in [4.78, 5) is 17.0. The molecule has 2 rings (SSSR count). The molecule has 0 unspecified atom stereocenters. The van der Waals surface area contributed by atoms with Gasteiger partial charge in [0, 0.05) is 6.20 Å². The standard InChI is InChI=1S/C13H16ClF3N4O/c1-20-2-4-21(5-3-20)19-12(22)7-11-10(14)6-9(8-18-11)13(15,16)17/h6,8H,2-5,7H2,1H3,(H,19,22)/p+1. The van der Waals surface area contributed by atoms with Crippen LogP contribution in [0.1, 0.15) is 11.3 Å². The number of likely N-dealkylation sites (N-methyl/N-ethyl adjacent to an activating group) is 1. The van der Waals surface area contributed by atoms with Gasteiger partial charge < -0.3 is 4.90 Å². The van der Waals surface area contributed by atoms with Crippen LogP contribution in [0.15, 0.2) is 12.3 Å². The van der Waals surface area contributed by atoms with E-state index in [9.17, 15) is 18.0 Å². The van der Waals surface area contributed by atoms with Gasteiger partial charge in [0.2, 0.25) is 5.91 Å². The van der Waals surface area contributed by atoms with E-state index in [1.54, 1.807) is 5.01 Å². The number of nitrogens with one attached hydrogen (secondary N) is 2. The van der Waals surface area contributed by atoms with Crippen molar-refractivity contribution in [3.8, 4) is 0 Å². The van der Waals surface area contributed by atoms with Gasteiger partial charge in [-0.25, -0.2) is 5.01 Å². The highest BCUT2D eigenvalue weighted by Crippen LogP contribution is 2.31. The average molecular weight is 338 g/mol. The number of piperazine rings is 1. The average Bonchev–Trinajstić information content (AvgIpc) is 2.42. The summed E-state index contributed by atoms with van der Waals surface area (Å²) in [5, 5.41) is 1.64. The van der Waals surface area contributed by atoms with E-state index < -0.39 is 11.7 Å². The molecule has 122 valence electrons. The molecule has 0 aliphatic carbocycles. The Balaban J connectivity index is 1.94. The van der Waals surface area contributed by atoms with Crippen molar-refractivity contribution in [3.63, 3.8) is 0 Å². The van der Waals surface area contributed by atoms with Crippen molar-refractivity contribution in [2.45, 2.75) is 12.6 Å². The van der Waals surface area contributed by atoms with Crippen molar-refractivity contribution in [1.29, 1.82) is 0 Å². The molecule has 0 saturated carbocycles. The van der Waals surface area contributed by atoms with E-state index in [4.69, 9.17) is 11.6 Å². The summed E-state index contributed by atoms with van der Waals surface area (Å²) in [5.74, 6) is -0.339. The van der Waals surface area contributed by atoms with Crippen LogP contribution < -0.4 is 10.3 Å². The smallest absolute Gasteiger partial charge is 0.335 e. The van der Waals surface area contributed by atoms with Crippen LogP contribution in [0.3, 0.4) is 0 Å². The van der Waals surface area contributed by atoms with Crippen molar-refractivity contribution < 1.29 is 22.9 Å². The molecule has 0 atom stereocenters. The zero-order chi connectivity index (χ0) is 16.3. The van der Waals surface area contributed by atoms with Crippen molar-refractivity contribution in [1.82, 2.24) is 15.4 Å². The van der Waals surface area contributed by atoms with Gasteiger partial charge in [-0.15, -0.1) is 0 Å². The number of hydrazine groups is 1. The Morgan fingerprint density at radius 1 is 1.45 bits per heavy atom. The Kier molecular flexibility index (Phi) is 5.25. The highest BCUT2D eigenvalue weighted by Gasteiger charge is 2.31. The largest absolute Gasteiger partial charge is 0.417 e. The normalized spacial score (nSPS) is 17.5. The van der Waals surface area contributed by atoms with Gasteiger partial charge in [0.25, 0.3) is 0 Å². The van der Waals surface area contributed by atoms with E-state index in [1.807, 2.05) is 0 Å². The van der Waals surface area contributed by atoms with Crippen LogP contribution in [-0.2, 0) is 17.4 Å². The van der Waals surface area contributed by atoms with Crippen molar-refractivity contribution in [2.24, 2.45) is 0 Å². The Bertz CT molecular complexity index is 545. The van der Waals surface area contributed by atoms with Crippen molar-refractivity contribution >= 4 is 17.5 Å². The monoisotopic (exact) mass is 337 g/mol. The van der Waals surface area contributed by atoms with Gasteiger partial charge in [-0.05, 0) is 6.07 Å². The summed E-state index contributed by atoms with van der Waals surface area (Å²) in [6, 6.07) is 0.788. The van der Waals surface area contributed by atoms with Crippen LogP contribution >= 0.6 is 11.6 Å². The molecule has 1 aliphatic rings. The van der Waals surface area contributed by atoms with Gasteiger partial charge in [0.1, 0.15) is 0 Å². The quantitative estimate of drug-likeness (QED) is 0.826. The summed E-state index contributed by atoms with van der Waals surface area (Å²) >= 11 is 5.78. The lowest BCUT2D eigenvalue weighted by Gasteiger charge is -2.30. The third kappa shape index (κ3) is 4.56. The molecule has 2 N–H and O–H groups in total. The molecule has 1 aromatic rings. The van der Waals surface area contributed by atoms with Crippen LogP contribution in [0, 0.1) is 0 Å². The van der Waals surface area contributed by atoms with Crippen LogP contribution in [0.25, 0.3) is 0 Å². The maximum absolute atomic E-state index is 12.5. The van der Waals surface area contributed by atoms with E-state index in [-0.39, 0.29) is 23.0 Å². The number of pyridine rings is 1. The lowest BCUT2D eigenvalue weighted by atomic mass is 10.2. The number of amides is 1. The minimum atomic E-state index is -4.50. The summed E-state index contributed by atoms with van der Waals surface area (Å²) < 4.78 is 37.5. The van der Waals surface area contributed by atoms with Gasteiger partial charge in [0.05, 0.1) is 55.9 Å². The molecule has 0 radical (unpaired) electrons. The summed E-state index contributed by atoms with van der Waals surface area (Å²) in [7, 11) is 2.07. The first-order valence-electron chi connectivity index (χ1n) is 6.83. The van der Waals surface area contributed by atoms with Crippen molar-refractivity contribution in [3.05, 3.63) is 28.5 Å². The Morgan fingerprint density at radius 3 is 2.64 bits per heavy atom. The minimum Gasteiger partial charge on any atom is -0.335 e. The molecule has 0 bridgehead atoms. The maximum atomic E-state index is 12.5. The second kappa shape index (κ2) is 6.80. The number of hydrogen-bond donors (Lipinski definition) is 2. The first kappa shape index (κ1) is 17.0. The highest BCUT2D eigenvalue weighted by atomic mass is 35.5. The predicted molar refractivity (Wildman–Crippen MR) is 74.3 cm³/mol. The highest BCUT2D eigenvalue weighted by molar-refractivity contribution is 6.31. The molecule has 1 aromatic heterocycles. The number of carbonyl (C=O) groups excluding carboxylic acids is 1. The van der Waals surface area contributed by atoms with Gasteiger partial charge in [0.15, 0.2) is 0 Å². The molecule has 1 aliphatic heterocycles. The number of rotatable bonds is 3. The fourth-order valence-electron chi connectivity index (χ4n) is 2.12. The number of nitrogens with zero attached hydrogens (tertiary/aromatic N) is 2. The van der Waals surface area contributed by atoms with Gasteiger partial charge in [-0.1, -0.05) is 11.6 Å². The van der Waals surface area contributed by atoms with Crippen LogP contribution in [-0.4, -0.2) is 49.1 Å². The first-order valence-corrected chi connectivity index (χ1v) is 7.21. The number of halogens is 4. The molecule has 5 nitrogen and oxygen atoms in total. The minimum absolute atomic E-state index is 0.131. The third-order valence-electron chi connectivity index (χ3n) is 3.47. The summed E-state index contributed by atoms with van der Waals surface area (Å²) in [6.45, 7) is 3.29. The predicted octanol–water partition coefficient (Wildman–Crippen LogP) is 0.158. The van der Waals surface area contributed by atoms with Crippen LogP contribution in [0.4, 0.5) is 13.2 Å². The second-order valence-electron chi connectivity index (χ2n) is 5.31. The Labute approximate surface area is 131 Å². The molecule has 1 amide bonds. The number of carbonyl (C=O) groups is 1. The lowest BCUT2D eigenvalue weighted by molar-refractivity contribution is -0.884. The van der Waals surface area contributed by atoms with Crippen molar-refractivity contribution in [2.75, 3.05) is 33.2 Å². The molecule has 1 fully saturated rings. The number of hydrogen-bond acceptors (Lipinski definition) is 3. The van der Waals surface area contributed by atoms with Gasteiger partial charge in [-0.3, -0.25) is 15.2 Å². The van der Waals surface area contributed by atoms with Crippen LogP contribution in [0.5, 0.6) is 0 Å². The molecule has 1 saturated heterocycles. The zero-order valence-corrected chi connectivity index (χ0v) is 12.8.